The highest BCUT2D eigenvalue weighted by molar-refractivity contribution is 5.90. The molecule has 0 bridgehead atoms. The first-order valence-corrected chi connectivity index (χ1v) is 3.86. The molecule has 0 saturated carbocycles. The predicted molar refractivity (Wildman–Crippen MR) is 50.1 cm³/mol. The Labute approximate surface area is 76.5 Å². The van der Waals surface area contributed by atoms with Gasteiger partial charge in [0.1, 0.15) is 0 Å². The van der Waals surface area contributed by atoms with E-state index in [1.807, 2.05) is 0 Å². The molecule has 0 aliphatic rings. The maximum absolute atomic E-state index is 11.1. The van der Waals surface area contributed by atoms with Crippen molar-refractivity contribution in [3.05, 3.63) is 29.3 Å². The summed E-state index contributed by atoms with van der Waals surface area (Å²) in [5.74, 6) is -0.380. The smallest absolute Gasteiger partial charge is 0.337 e. The van der Waals surface area contributed by atoms with E-state index in [1.54, 1.807) is 18.2 Å². The van der Waals surface area contributed by atoms with Crippen LogP contribution >= 0.6 is 0 Å². The molecule has 70 valence electrons. The van der Waals surface area contributed by atoms with E-state index in [4.69, 9.17) is 11.5 Å². The van der Waals surface area contributed by atoms with Crippen LogP contribution in [0.3, 0.4) is 0 Å². The first-order valence-electron chi connectivity index (χ1n) is 3.86. The van der Waals surface area contributed by atoms with Crippen LogP contribution in [0.25, 0.3) is 0 Å². The fourth-order valence-corrected chi connectivity index (χ4v) is 1.03. The van der Waals surface area contributed by atoms with Crippen LogP contribution in [-0.2, 0) is 11.3 Å². The van der Waals surface area contributed by atoms with Gasteiger partial charge in [0.15, 0.2) is 0 Å². The van der Waals surface area contributed by atoms with Crippen molar-refractivity contribution in [1.82, 2.24) is 0 Å². The average molecular weight is 180 g/mol. The summed E-state index contributed by atoms with van der Waals surface area (Å²) < 4.78 is 4.56. The van der Waals surface area contributed by atoms with E-state index in [-0.39, 0.29) is 5.97 Å². The second kappa shape index (κ2) is 3.91. The molecule has 4 N–H and O–H groups in total. The molecule has 0 atom stereocenters. The summed E-state index contributed by atoms with van der Waals surface area (Å²) in [6, 6.07) is 4.90. The number of ether oxygens (including phenoxy) is 1. The number of rotatable bonds is 2. The Kier molecular flexibility index (Phi) is 2.87. The Morgan fingerprint density at radius 1 is 1.54 bits per heavy atom. The second-order valence-corrected chi connectivity index (χ2v) is 2.61. The molecule has 0 aliphatic heterocycles. The zero-order chi connectivity index (χ0) is 9.84. The molecule has 1 aromatic carbocycles. The third kappa shape index (κ3) is 1.97. The molecular formula is C9H12N2O2. The van der Waals surface area contributed by atoms with Crippen molar-refractivity contribution >= 4 is 11.7 Å². The average Bonchev–Trinajstić information content (AvgIpc) is 2.17. The fourth-order valence-electron chi connectivity index (χ4n) is 1.03. The van der Waals surface area contributed by atoms with Crippen LogP contribution in [0.15, 0.2) is 18.2 Å². The van der Waals surface area contributed by atoms with Gasteiger partial charge in [-0.2, -0.15) is 0 Å². The van der Waals surface area contributed by atoms with Gasteiger partial charge in [0.05, 0.1) is 12.7 Å². The summed E-state index contributed by atoms with van der Waals surface area (Å²) in [5, 5.41) is 0. The Balaban J connectivity index is 3.06. The second-order valence-electron chi connectivity index (χ2n) is 2.61. The number of hydrogen-bond acceptors (Lipinski definition) is 4. The lowest BCUT2D eigenvalue weighted by Crippen LogP contribution is -2.06. The molecule has 0 aliphatic carbocycles. The van der Waals surface area contributed by atoms with Gasteiger partial charge in [0, 0.05) is 12.2 Å². The Hall–Kier alpha value is -1.55. The predicted octanol–water partition coefficient (Wildman–Crippen LogP) is 0.514. The van der Waals surface area contributed by atoms with E-state index in [0.29, 0.717) is 17.8 Å². The molecule has 0 aromatic heterocycles. The summed E-state index contributed by atoms with van der Waals surface area (Å²) in [4.78, 5) is 11.1. The van der Waals surface area contributed by atoms with E-state index in [0.717, 1.165) is 5.56 Å². The van der Waals surface area contributed by atoms with Crippen LogP contribution in [0.2, 0.25) is 0 Å². The first kappa shape index (κ1) is 9.54. The van der Waals surface area contributed by atoms with Gasteiger partial charge in [-0.25, -0.2) is 4.79 Å². The van der Waals surface area contributed by atoms with Gasteiger partial charge < -0.3 is 16.2 Å². The van der Waals surface area contributed by atoms with Crippen LogP contribution < -0.4 is 11.5 Å². The SMILES string of the molecule is COC(=O)c1ccc(N)c(CN)c1. The molecular weight excluding hydrogens is 168 g/mol. The van der Waals surface area contributed by atoms with Gasteiger partial charge in [-0.1, -0.05) is 0 Å². The van der Waals surface area contributed by atoms with Crippen molar-refractivity contribution in [2.45, 2.75) is 6.54 Å². The van der Waals surface area contributed by atoms with E-state index >= 15 is 0 Å². The molecule has 0 spiro atoms. The van der Waals surface area contributed by atoms with E-state index in [9.17, 15) is 4.79 Å². The monoisotopic (exact) mass is 180 g/mol. The van der Waals surface area contributed by atoms with E-state index < -0.39 is 0 Å². The normalized spacial score (nSPS) is 9.69. The first-order chi connectivity index (χ1) is 6.19. The van der Waals surface area contributed by atoms with Crippen molar-refractivity contribution in [2.24, 2.45) is 5.73 Å². The molecule has 4 nitrogen and oxygen atoms in total. The van der Waals surface area contributed by atoms with Crippen LogP contribution in [0, 0.1) is 0 Å². The third-order valence-corrected chi connectivity index (χ3v) is 1.78. The lowest BCUT2D eigenvalue weighted by atomic mass is 10.1. The van der Waals surface area contributed by atoms with Gasteiger partial charge >= 0.3 is 5.97 Å². The lowest BCUT2D eigenvalue weighted by molar-refractivity contribution is 0.0600. The topological polar surface area (TPSA) is 78.3 Å². The van der Waals surface area contributed by atoms with Crippen LogP contribution in [0.1, 0.15) is 15.9 Å². The third-order valence-electron chi connectivity index (χ3n) is 1.78. The van der Waals surface area contributed by atoms with Crippen molar-refractivity contribution in [3.8, 4) is 0 Å². The number of esters is 1. The molecule has 0 amide bonds. The molecule has 0 radical (unpaired) electrons. The minimum absolute atomic E-state index is 0.316. The number of carbonyl (C=O) groups is 1. The van der Waals surface area contributed by atoms with E-state index in [1.165, 1.54) is 7.11 Å². The molecule has 0 heterocycles. The summed E-state index contributed by atoms with van der Waals surface area (Å²) in [5.41, 5.74) is 12.9. The van der Waals surface area contributed by atoms with Gasteiger partial charge in [-0.15, -0.1) is 0 Å². The number of nitrogens with two attached hydrogens (primary N) is 2. The molecule has 0 unspecified atom stereocenters. The van der Waals surface area contributed by atoms with Gasteiger partial charge in [-0.05, 0) is 23.8 Å². The summed E-state index contributed by atoms with van der Waals surface area (Å²) in [6.45, 7) is 0.316. The van der Waals surface area contributed by atoms with Gasteiger partial charge in [-0.3, -0.25) is 0 Å². The molecule has 4 heteroatoms. The minimum Gasteiger partial charge on any atom is -0.465 e. The summed E-state index contributed by atoms with van der Waals surface area (Å²) >= 11 is 0. The number of nitrogen functional groups attached to an aromatic ring is 1. The maximum atomic E-state index is 11.1. The fraction of sp³-hybridized carbons (Fsp3) is 0.222. The highest BCUT2D eigenvalue weighted by atomic mass is 16.5. The van der Waals surface area contributed by atoms with Crippen LogP contribution in [0.5, 0.6) is 0 Å². The van der Waals surface area contributed by atoms with Crippen molar-refractivity contribution < 1.29 is 9.53 Å². The molecule has 13 heavy (non-hydrogen) atoms. The highest BCUT2D eigenvalue weighted by Crippen LogP contribution is 2.13. The summed E-state index contributed by atoms with van der Waals surface area (Å²) in [6.07, 6.45) is 0. The number of carbonyl (C=O) groups excluding carboxylic acids is 1. The number of methoxy groups -OCH3 is 1. The standard InChI is InChI=1S/C9H12N2O2/c1-13-9(12)6-2-3-8(11)7(4-6)5-10/h2-4H,5,10-11H2,1H3. The quantitative estimate of drug-likeness (QED) is 0.513. The maximum Gasteiger partial charge on any atom is 0.337 e. The minimum atomic E-state index is -0.380. The van der Waals surface area contributed by atoms with Gasteiger partial charge in [0.25, 0.3) is 0 Å². The molecule has 1 aromatic rings. The van der Waals surface area contributed by atoms with Crippen molar-refractivity contribution in [2.75, 3.05) is 12.8 Å². The number of anilines is 1. The summed E-state index contributed by atoms with van der Waals surface area (Å²) in [7, 11) is 1.33. The van der Waals surface area contributed by atoms with Crippen molar-refractivity contribution in [1.29, 1.82) is 0 Å². The zero-order valence-corrected chi connectivity index (χ0v) is 7.41. The highest BCUT2D eigenvalue weighted by Gasteiger charge is 2.06. The van der Waals surface area contributed by atoms with E-state index in [2.05, 4.69) is 4.74 Å². The lowest BCUT2D eigenvalue weighted by Gasteiger charge is -2.04. The van der Waals surface area contributed by atoms with Gasteiger partial charge in [0.2, 0.25) is 0 Å². The molecule has 1 rings (SSSR count). The number of benzene rings is 1. The Bertz CT molecular complexity index is 323. The zero-order valence-electron chi connectivity index (χ0n) is 7.41. The Morgan fingerprint density at radius 3 is 2.77 bits per heavy atom. The molecule has 0 fully saturated rings. The Morgan fingerprint density at radius 2 is 2.23 bits per heavy atom. The number of hydrogen-bond donors (Lipinski definition) is 2. The largest absolute Gasteiger partial charge is 0.465 e. The molecule has 0 saturated heterocycles. The van der Waals surface area contributed by atoms with Crippen molar-refractivity contribution in [3.63, 3.8) is 0 Å². The van der Waals surface area contributed by atoms with Crippen LogP contribution in [-0.4, -0.2) is 13.1 Å². The van der Waals surface area contributed by atoms with Crippen LogP contribution in [0.4, 0.5) is 5.69 Å².